The molecule has 1 amide bonds. The molecular weight excluding hydrogens is 314 g/mol. The van der Waals surface area contributed by atoms with E-state index in [1.54, 1.807) is 11.4 Å². The Balaban J connectivity index is 2.08. The van der Waals surface area contributed by atoms with Crippen LogP contribution in [0.2, 0.25) is 0 Å². The first-order chi connectivity index (χ1) is 9.87. The number of aliphatic carboxylic acids is 1. The van der Waals surface area contributed by atoms with Crippen LogP contribution < -0.4 is 0 Å². The Hall–Kier alpha value is -1.67. The van der Waals surface area contributed by atoms with E-state index in [1.807, 2.05) is 0 Å². The fraction of sp³-hybridized carbons (Fsp3) is 0.385. The topological polar surface area (TPSA) is 91.8 Å². The molecule has 114 valence electrons. The molecule has 2 heterocycles. The van der Waals surface area contributed by atoms with Gasteiger partial charge in [0.25, 0.3) is 5.91 Å². The van der Waals surface area contributed by atoms with Crippen molar-refractivity contribution in [1.82, 2.24) is 4.90 Å². The predicted molar refractivity (Wildman–Crippen MR) is 80.2 cm³/mol. The van der Waals surface area contributed by atoms with E-state index in [2.05, 4.69) is 0 Å². The van der Waals surface area contributed by atoms with Crippen LogP contribution in [0.5, 0.6) is 0 Å². The summed E-state index contributed by atoms with van der Waals surface area (Å²) in [7, 11) is -3.05. The lowest BCUT2D eigenvalue weighted by molar-refractivity contribution is -0.131. The van der Waals surface area contributed by atoms with Gasteiger partial charge in [-0.2, -0.15) is 0 Å². The van der Waals surface area contributed by atoms with Gasteiger partial charge in [0.2, 0.25) is 0 Å². The molecule has 0 spiro atoms. The lowest BCUT2D eigenvalue weighted by Crippen LogP contribution is -2.33. The highest BCUT2D eigenvalue weighted by Gasteiger charge is 2.23. The van der Waals surface area contributed by atoms with Crippen LogP contribution in [0, 0.1) is 0 Å². The SMILES string of the molecule is O=C(O)/C=C/c1cc(C(=O)N2CCCS(=O)(=O)CC2)cs1. The molecule has 6 nitrogen and oxygen atoms in total. The minimum absolute atomic E-state index is 0.00531. The largest absolute Gasteiger partial charge is 0.478 e. The number of nitrogens with zero attached hydrogens (tertiary/aromatic N) is 1. The number of hydrogen-bond donors (Lipinski definition) is 1. The molecule has 0 bridgehead atoms. The summed E-state index contributed by atoms with van der Waals surface area (Å²) >= 11 is 1.27. The van der Waals surface area contributed by atoms with E-state index < -0.39 is 15.8 Å². The molecule has 0 radical (unpaired) electrons. The molecule has 1 saturated heterocycles. The maximum absolute atomic E-state index is 12.3. The van der Waals surface area contributed by atoms with Gasteiger partial charge in [0, 0.05) is 29.4 Å². The van der Waals surface area contributed by atoms with Crippen LogP contribution in [-0.2, 0) is 14.6 Å². The number of hydrogen-bond acceptors (Lipinski definition) is 5. The van der Waals surface area contributed by atoms with Crippen molar-refractivity contribution in [2.45, 2.75) is 6.42 Å². The number of carboxylic acids is 1. The van der Waals surface area contributed by atoms with Gasteiger partial charge in [-0.3, -0.25) is 4.79 Å². The van der Waals surface area contributed by atoms with Gasteiger partial charge in [-0.05, 0) is 18.6 Å². The second kappa shape index (κ2) is 6.40. The molecular formula is C13H15NO5S2. The third-order valence-corrected chi connectivity index (χ3v) is 5.71. The minimum atomic E-state index is -3.05. The molecule has 0 unspecified atom stereocenters. The van der Waals surface area contributed by atoms with Crippen molar-refractivity contribution in [1.29, 1.82) is 0 Å². The third kappa shape index (κ3) is 4.40. The number of sulfone groups is 1. The summed E-state index contributed by atoms with van der Waals surface area (Å²) in [5, 5.41) is 10.2. The van der Waals surface area contributed by atoms with Crippen molar-refractivity contribution in [2.75, 3.05) is 24.6 Å². The number of carbonyl (C=O) groups is 2. The minimum Gasteiger partial charge on any atom is -0.478 e. The van der Waals surface area contributed by atoms with Gasteiger partial charge in [-0.25, -0.2) is 13.2 Å². The number of amides is 1. The molecule has 8 heteroatoms. The molecule has 0 saturated carbocycles. The average Bonchev–Trinajstić information content (AvgIpc) is 2.80. The summed E-state index contributed by atoms with van der Waals surface area (Å²) in [5.41, 5.74) is 0.462. The molecule has 2 rings (SSSR count). The molecule has 0 aliphatic carbocycles. The lowest BCUT2D eigenvalue weighted by atomic mass is 10.2. The Morgan fingerprint density at radius 3 is 2.76 bits per heavy atom. The van der Waals surface area contributed by atoms with E-state index in [9.17, 15) is 18.0 Å². The molecule has 1 aromatic heterocycles. The van der Waals surface area contributed by atoms with E-state index in [1.165, 1.54) is 22.3 Å². The Bertz CT molecular complexity index is 674. The zero-order valence-corrected chi connectivity index (χ0v) is 12.8. The monoisotopic (exact) mass is 329 g/mol. The van der Waals surface area contributed by atoms with Crippen LogP contribution in [0.15, 0.2) is 17.5 Å². The third-order valence-electron chi connectivity index (χ3n) is 3.10. The standard InChI is InChI=1S/C13H15NO5S2/c15-12(16)3-2-11-8-10(9-20-11)13(17)14-4-1-6-21(18,19)7-5-14/h2-3,8-9H,1,4-7H2,(H,15,16)/b3-2+. The number of thiophene rings is 1. The fourth-order valence-electron chi connectivity index (χ4n) is 2.03. The molecule has 1 N–H and O–H groups in total. The van der Waals surface area contributed by atoms with Gasteiger partial charge in [0.1, 0.15) is 0 Å². The average molecular weight is 329 g/mol. The van der Waals surface area contributed by atoms with Crippen molar-refractivity contribution in [3.05, 3.63) is 28.0 Å². The maximum atomic E-state index is 12.3. The van der Waals surface area contributed by atoms with Crippen molar-refractivity contribution >= 4 is 39.1 Å². The number of carboxylic acid groups (broad SMARTS) is 1. The smallest absolute Gasteiger partial charge is 0.328 e. The second-order valence-electron chi connectivity index (χ2n) is 4.71. The highest BCUT2D eigenvalue weighted by molar-refractivity contribution is 7.91. The quantitative estimate of drug-likeness (QED) is 0.839. The lowest BCUT2D eigenvalue weighted by Gasteiger charge is -2.18. The van der Waals surface area contributed by atoms with E-state index in [4.69, 9.17) is 5.11 Å². The van der Waals surface area contributed by atoms with Crippen LogP contribution in [-0.4, -0.2) is 54.9 Å². The molecule has 1 aromatic rings. The summed E-state index contributed by atoms with van der Waals surface area (Å²) in [5.74, 6) is -1.14. The number of rotatable bonds is 3. The first kappa shape index (κ1) is 15.7. The molecule has 1 fully saturated rings. The summed E-state index contributed by atoms with van der Waals surface area (Å²) < 4.78 is 23.1. The van der Waals surface area contributed by atoms with Crippen LogP contribution in [0.4, 0.5) is 0 Å². The van der Waals surface area contributed by atoms with E-state index in [0.29, 0.717) is 23.4 Å². The van der Waals surface area contributed by atoms with Gasteiger partial charge in [0.05, 0.1) is 17.1 Å². The highest BCUT2D eigenvalue weighted by atomic mass is 32.2. The molecule has 1 aliphatic rings. The highest BCUT2D eigenvalue weighted by Crippen LogP contribution is 2.19. The number of carbonyl (C=O) groups excluding carboxylic acids is 1. The van der Waals surface area contributed by atoms with E-state index >= 15 is 0 Å². The summed E-state index contributed by atoms with van der Waals surface area (Å²) in [6.07, 6.45) is 2.89. The Morgan fingerprint density at radius 1 is 1.29 bits per heavy atom. The van der Waals surface area contributed by atoms with Crippen molar-refractivity contribution in [2.24, 2.45) is 0 Å². The fourth-order valence-corrected chi connectivity index (χ4v) is 4.08. The first-order valence-corrected chi connectivity index (χ1v) is 9.07. The van der Waals surface area contributed by atoms with Crippen molar-refractivity contribution in [3.8, 4) is 0 Å². The predicted octanol–water partition coefficient (Wildman–Crippen LogP) is 1.11. The van der Waals surface area contributed by atoms with Gasteiger partial charge in [-0.15, -0.1) is 11.3 Å². The Morgan fingerprint density at radius 2 is 2.05 bits per heavy atom. The van der Waals surface area contributed by atoms with Crippen molar-refractivity contribution in [3.63, 3.8) is 0 Å². The zero-order valence-electron chi connectivity index (χ0n) is 11.2. The summed E-state index contributed by atoms with van der Waals surface area (Å²) in [6.45, 7) is 0.630. The van der Waals surface area contributed by atoms with E-state index in [0.717, 1.165) is 6.08 Å². The second-order valence-corrected chi connectivity index (χ2v) is 7.95. The maximum Gasteiger partial charge on any atom is 0.328 e. The van der Waals surface area contributed by atoms with Crippen LogP contribution in [0.25, 0.3) is 6.08 Å². The molecule has 0 atom stereocenters. The Labute approximate surface area is 126 Å². The summed E-state index contributed by atoms with van der Waals surface area (Å²) in [4.78, 5) is 25.0. The molecule has 21 heavy (non-hydrogen) atoms. The van der Waals surface area contributed by atoms with Crippen LogP contribution in [0.3, 0.4) is 0 Å². The Kier molecular flexibility index (Phi) is 4.79. The van der Waals surface area contributed by atoms with E-state index in [-0.39, 0.29) is 24.0 Å². The van der Waals surface area contributed by atoms with Crippen LogP contribution in [0.1, 0.15) is 21.7 Å². The van der Waals surface area contributed by atoms with Crippen molar-refractivity contribution < 1.29 is 23.1 Å². The molecule has 0 aromatic carbocycles. The van der Waals surface area contributed by atoms with Crippen LogP contribution >= 0.6 is 11.3 Å². The molecule has 1 aliphatic heterocycles. The van der Waals surface area contributed by atoms with Gasteiger partial charge in [0.15, 0.2) is 9.84 Å². The zero-order chi connectivity index (χ0) is 15.5. The van der Waals surface area contributed by atoms with Gasteiger partial charge in [-0.1, -0.05) is 0 Å². The van der Waals surface area contributed by atoms with Gasteiger partial charge < -0.3 is 10.0 Å². The first-order valence-electron chi connectivity index (χ1n) is 6.37. The summed E-state index contributed by atoms with van der Waals surface area (Å²) in [6, 6.07) is 1.62. The normalized spacial score (nSPS) is 18.6. The van der Waals surface area contributed by atoms with Gasteiger partial charge >= 0.3 is 5.97 Å².